The highest BCUT2D eigenvalue weighted by atomic mass is 16.2. The highest BCUT2D eigenvalue weighted by Gasteiger charge is 2.26. The van der Waals surface area contributed by atoms with Crippen molar-refractivity contribution in [3.63, 3.8) is 0 Å². The average molecular weight is 327 g/mol. The van der Waals surface area contributed by atoms with E-state index in [0.29, 0.717) is 12.0 Å². The van der Waals surface area contributed by atoms with Crippen LogP contribution in [-0.4, -0.2) is 11.7 Å². The molecule has 0 aromatic heterocycles. The van der Waals surface area contributed by atoms with Gasteiger partial charge in [-0.1, -0.05) is 68.7 Å². The van der Waals surface area contributed by atoms with Crippen molar-refractivity contribution in [2.24, 2.45) is 5.41 Å². The fourth-order valence-corrected chi connectivity index (χ4v) is 3.84. The number of benzene rings is 1. The lowest BCUT2D eigenvalue weighted by atomic mass is 9.72. The Labute approximate surface area is 148 Å². The zero-order valence-corrected chi connectivity index (χ0v) is 15.8. The Balaban J connectivity index is 1.98. The van der Waals surface area contributed by atoms with Crippen LogP contribution in [0.2, 0.25) is 0 Å². The standard InChI is InChI=1S/C23H34O/c1-19-10-9-16-23(2,3)22(19)15-14-21-13-8-12-20(18-21)11-6-4-5-7-17-24/h8,12-15,18,24H,4-7,9-11,16-17H2,1-3H3. The van der Waals surface area contributed by atoms with Crippen molar-refractivity contribution in [2.75, 3.05) is 6.61 Å². The largest absolute Gasteiger partial charge is 0.396 e. The molecule has 0 spiro atoms. The van der Waals surface area contributed by atoms with Gasteiger partial charge in [0.2, 0.25) is 0 Å². The monoisotopic (exact) mass is 326 g/mol. The summed E-state index contributed by atoms with van der Waals surface area (Å²) in [5.74, 6) is 0. The Hall–Kier alpha value is -1.34. The van der Waals surface area contributed by atoms with E-state index >= 15 is 0 Å². The van der Waals surface area contributed by atoms with E-state index < -0.39 is 0 Å². The fourth-order valence-electron chi connectivity index (χ4n) is 3.84. The second-order valence-electron chi connectivity index (χ2n) is 7.90. The minimum absolute atomic E-state index is 0.309. The molecule has 2 rings (SSSR count). The molecule has 1 heteroatoms. The number of aliphatic hydroxyl groups is 1. The van der Waals surface area contributed by atoms with Crippen molar-refractivity contribution in [1.29, 1.82) is 0 Å². The van der Waals surface area contributed by atoms with E-state index in [1.165, 1.54) is 48.8 Å². The molecular weight excluding hydrogens is 292 g/mol. The number of hydrogen-bond acceptors (Lipinski definition) is 1. The maximum atomic E-state index is 8.83. The minimum atomic E-state index is 0.309. The summed E-state index contributed by atoms with van der Waals surface area (Å²) in [6.07, 6.45) is 14.1. The zero-order chi connectivity index (χ0) is 17.4. The third-order valence-corrected chi connectivity index (χ3v) is 5.31. The van der Waals surface area contributed by atoms with Crippen molar-refractivity contribution < 1.29 is 5.11 Å². The molecule has 132 valence electrons. The Kier molecular flexibility index (Phi) is 7.30. The van der Waals surface area contributed by atoms with Crippen LogP contribution in [0.25, 0.3) is 6.08 Å². The molecule has 0 saturated heterocycles. The minimum Gasteiger partial charge on any atom is -0.396 e. The van der Waals surface area contributed by atoms with Gasteiger partial charge < -0.3 is 5.11 Å². The SMILES string of the molecule is CC1=C(C=Cc2cccc(CCCCCCO)c2)C(C)(C)CCC1. The lowest BCUT2D eigenvalue weighted by Gasteiger charge is -2.32. The first kappa shape index (κ1) is 19.0. The first-order valence-electron chi connectivity index (χ1n) is 9.61. The van der Waals surface area contributed by atoms with Gasteiger partial charge in [0, 0.05) is 6.61 Å². The molecule has 1 nitrogen and oxygen atoms in total. The van der Waals surface area contributed by atoms with Gasteiger partial charge in [-0.25, -0.2) is 0 Å². The molecule has 0 fully saturated rings. The van der Waals surface area contributed by atoms with Crippen molar-refractivity contribution in [3.05, 3.63) is 52.6 Å². The van der Waals surface area contributed by atoms with Gasteiger partial charge in [0.1, 0.15) is 0 Å². The summed E-state index contributed by atoms with van der Waals surface area (Å²) in [4.78, 5) is 0. The molecule has 0 bridgehead atoms. The van der Waals surface area contributed by atoms with E-state index in [0.717, 1.165) is 19.3 Å². The molecule has 0 aliphatic heterocycles. The van der Waals surface area contributed by atoms with Gasteiger partial charge in [-0.3, -0.25) is 0 Å². The predicted molar refractivity (Wildman–Crippen MR) is 105 cm³/mol. The van der Waals surface area contributed by atoms with E-state index in [2.05, 4.69) is 57.2 Å². The highest BCUT2D eigenvalue weighted by Crippen LogP contribution is 2.40. The fraction of sp³-hybridized carbons (Fsp3) is 0.565. The molecule has 24 heavy (non-hydrogen) atoms. The summed E-state index contributed by atoms with van der Waals surface area (Å²) < 4.78 is 0. The van der Waals surface area contributed by atoms with Crippen LogP contribution in [0.5, 0.6) is 0 Å². The molecule has 0 unspecified atom stereocenters. The quantitative estimate of drug-likeness (QED) is 0.554. The van der Waals surface area contributed by atoms with Crippen molar-refractivity contribution >= 4 is 6.08 Å². The van der Waals surface area contributed by atoms with Crippen LogP contribution in [0.4, 0.5) is 0 Å². The lowest BCUT2D eigenvalue weighted by Crippen LogP contribution is -2.18. The Morgan fingerprint density at radius 2 is 1.88 bits per heavy atom. The van der Waals surface area contributed by atoms with Crippen LogP contribution in [-0.2, 0) is 6.42 Å². The number of hydrogen-bond donors (Lipinski definition) is 1. The Morgan fingerprint density at radius 1 is 1.08 bits per heavy atom. The summed E-state index contributed by atoms with van der Waals surface area (Å²) in [7, 11) is 0. The van der Waals surface area contributed by atoms with E-state index in [1.54, 1.807) is 5.57 Å². The lowest BCUT2D eigenvalue weighted by molar-refractivity contribution is 0.282. The number of aryl methyl sites for hydroxylation is 1. The van der Waals surface area contributed by atoms with Gasteiger partial charge in [-0.05, 0) is 67.6 Å². The summed E-state index contributed by atoms with van der Waals surface area (Å²) in [6, 6.07) is 8.94. The van der Waals surface area contributed by atoms with Crippen molar-refractivity contribution in [3.8, 4) is 0 Å². The maximum Gasteiger partial charge on any atom is 0.0431 e. The topological polar surface area (TPSA) is 20.2 Å². The van der Waals surface area contributed by atoms with E-state index in [-0.39, 0.29) is 0 Å². The van der Waals surface area contributed by atoms with Crippen LogP contribution in [0.15, 0.2) is 41.5 Å². The zero-order valence-electron chi connectivity index (χ0n) is 15.8. The molecular formula is C23H34O. The van der Waals surface area contributed by atoms with Gasteiger partial charge in [0.25, 0.3) is 0 Å². The van der Waals surface area contributed by atoms with Crippen LogP contribution >= 0.6 is 0 Å². The van der Waals surface area contributed by atoms with Crippen LogP contribution in [0.3, 0.4) is 0 Å². The molecule has 1 N–H and O–H groups in total. The number of aliphatic hydroxyl groups excluding tert-OH is 1. The Bertz CT molecular complexity index is 577. The summed E-state index contributed by atoms with van der Waals surface area (Å²) in [5.41, 5.74) is 6.13. The first-order valence-corrected chi connectivity index (χ1v) is 9.61. The number of rotatable bonds is 8. The molecule has 0 heterocycles. The second kappa shape index (κ2) is 9.22. The molecule has 0 saturated carbocycles. The molecule has 1 aliphatic rings. The molecule has 0 amide bonds. The number of unbranched alkanes of at least 4 members (excludes halogenated alkanes) is 3. The molecule has 1 aromatic rings. The predicted octanol–water partition coefficient (Wildman–Crippen LogP) is 6.32. The smallest absolute Gasteiger partial charge is 0.0431 e. The van der Waals surface area contributed by atoms with Crippen molar-refractivity contribution in [2.45, 2.75) is 72.1 Å². The van der Waals surface area contributed by atoms with E-state index in [9.17, 15) is 0 Å². The average Bonchev–Trinajstić information content (AvgIpc) is 2.54. The molecule has 0 radical (unpaired) electrons. The normalized spacial score (nSPS) is 17.7. The van der Waals surface area contributed by atoms with E-state index in [4.69, 9.17) is 5.11 Å². The first-order chi connectivity index (χ1) is 11.5. The third kappa shape index (κ3) is 5.63. The van der Waals surface area contributed by atoms with Crippen LogP contribution in [0, 0.1) is 5.41 Å². The summed E-state index contributed by atoms with van der Waals surface area (Å²) in [5, 5.41) is 8.83. The van der Waals surface area contributed by atoms with Gasteiger partial charge in [0.15, 0.2) is 0 Å². The number of allylic oxidation sites excluding steroid dienone is 3. The van der Waals surface area contributed by atoms with Gasteiger partial charge >= 0.3 is 0 Å². The third-order valence-electron chi connectivity index (χ3n) is 5.31. The van der Waals surface area contributed by atoms with Crippen LogP contribution in [0.1, 0.15) is 76.8 Å². The second-order valence-corrected chi connectivity index (χ2v) is 7.90. The van der Waals surface area contributed by atoms with Gasteiger partial charge in [-0.15, -0.1) is 0 Å². The van der Waals surface area contributed by atoms with Crippen LogP contribution < -0.4 is 0 Å². The van der Waals surface area contributed by atoms with Gasteiger partial charge in [0.05, 0.1) is 0 Å². The summed E-state index contributed by atoms with van der Waals surface area (Å²) in [6.45, 7) is 7.37. The van der Waals surface area contributed by atoms with E-state index in [1.807, 2.05) is 0 Å². The Morgan fingerprint density at radius 3 is 2.62 bits per heavy atom. The maximum absolute atomic E-state index is 8.83. The van der Waals surface area contributed by atoms with Crippen molar-refractivity contribution in [1.82, 2.24) is 0 Å². The molecule has 1 aliphatic carbocycles. The molecule has 0 atom stereocenters. The van der Waals surface area contributed by atoms with Gasteiger partial charge in [-0.2, -0.15) is 0 Å². The molecule has 1 aromatic carbocycles. The summed E-state index contributed by atoms with van der Waals surface area (Å²) >= 11 is 0. The highest BCUT2D eigenvalue weighted by molar-refractivity contribution is 5.55.